The first-order valence-corrected chi connectivity index (χ1v) is 6.34. The van der Waals surface area contributed by atoms with Gasteiger partial charge in [-0.25, -0.2) is 0 Å². The van der Waals surface area contributed by atoms with Crippen LogP contribution in [0.5, 0.6) is 0 Å². The van der Waals surface area contributed by atoms with Crippen molar-refractivity contribution in [2.75, 3.05) is 13.1 Å². The molecule has 1 heterocycles. The summed E-state index contributed by atoms with van der Waals surface area (Å²) in [5.41, 5.74) is 5.40. The standard InChI is InChI=1S/C12H25N3O/c1-4-14-11(12(13)16)8-15-9(2)6-5-7-10(15)3/h9-11,14H,4-8H2,1-3H3,(H2,13,16)/t9-,10+,11?. The summed E-state index contributed by atoms with van der Waals surface area (Å²) >= 11 is 0. The normalized spacial score (nSPS) is 28.9. The van der Waals surface area contributed by atoms with Gasteiger partial charge >= 0.3 is 0 Å². The van der Waals surface area contributed by atoms with Gasteiger partial charge in [-0.2, -0.15) is 0 Å². The minimum Gasteiger partial charge on any atom is -0.368 e. The maximum Gasteiger partial charge on any atom is 0.235 e. The number of hydrogen-bond donors (Lipinski definition) is 2. The first-order chi connectivity index (χ1) is 7.56. The zero-order chi connectivity index (χ0) is 12.1. The Morgan fingerprint density at radius 3 is 2.44 bits per heavy atom. The Hall–Kier alpha value is -0.610. The summed E-state index contributed by atoms with van der Waals surface area (Å²) in [4.78, 5) is 13.7. The molecule has 1 aliphatic rings. The Kier molecular flexibility index (Phi) is 5.22. The fraction of sp³-hybridized carbons (Fsp3) is 0.917. The van der Waals surface area contributed by atoms with Crippen molar-refractivity contribution in [1.29, 1.82) is 0 Å². The van der Waals surface area contributed by atoms with Crippen molar-refractivity contribution in [2.24, 2.45) is 5.73 Å². The van der Waals surface area contributed by atoms with Gasteiger partial charge in [-0.15, -0.1) is 0 Å². The van der Waals surface area contributed by atoms with Gasteiger partial charge in [0.2, 0.25) is 5.91 Å². The van der Waals surface area contributed by atoms with Gasteiger partial charge in [0.1, 0.15) is 0 Å². The van der Waals surface area contributed by atoms with Gasteiger partial charge in [0.05, 0.1) is 6.04 Å². The Morgan fingerprint density at radius 1 is 1.44 bits per heavy atom. The Bertz CT molecular complexity index is 222. The third kappa shape index (κ3) is 3.46. The summed E-state index contributed by atoms with van der Waals surface area (Å²) in [6.07, 6.45) is 3.74. The van der Waals surface area contributed by atoms with E-state index in [0.717, 1.165) is 13.1 Å². The van der Waals surface area contributed by atoms with Crippen LogP contribution in [0.15, 0.2) is 0 Å². The van der Waals surface area contributed by atoms with Gasteiger partial charge in [-0.1, -0.05) is 13.3 Å². The first-order valence-electron chi connectivity index (χ1n) is 6.34. The summed E-state index contributed by atoms with van der Waals surface area (Å²) in [5.74, 6) is -0.244. The highest BCUT2D eigenvalue weighted by Gasteiger charge is 2.28. The molecule has 1 rings (SSSR count). The van der Waals surface area contributed by atoms with E-state index >= 15 is 0 Å². The van der Waals surface area contributed by atoms with Crippen LogP contribution in [0.3, 0.4) is 0 Å². The van der Waals surface area contributed by atoms with Crippen LogP contribution in [-0.4, -0.2) is 42.0 Å². The highest BCUT2D eigenvalue weighted by molar-refractivity contribution is 5.80. The molecular formula is C12H25N3O. The third-order valence-corrected chi connectivity index (χ3v) is 3.56. The number of likely N-dealkylation sites (tertiary alicyclic amines) is 1. The molecule has 3 atom stereocenters. The third-order valence-electron chi connectivity index (χ3n) is 3.56. The van der Waals surface area contributed by atoms with E-state index in [2.05, 4.69) is 24.1 Å². The molecule has 1 unspecified atom stereocenters. The lowest BCUT2D eigenvalue weighted by molar-refractivity contribution is -0.120. The van der Waals surface area contributed by atoms with Gasteiger partial charge in [-0.3, -0.25) is 9.69 Å². The predicted octanol–water partition coefficient (Wildman–Crippen LogP) is 0.713. The lowest BCUT2D eigenvalue weighted by Gasteiger charge is -2.40. The van der Waals surface area contributed by atoms with Crippen LogP contribution in [0.25, 0.3) is 0 Å². The van der Waals surface area contributed by atoms with Gasteiger partial charge < -0.3 is 11.1 Å². The number of nitrogens with one attached hydrogen (secondary N) is 1. The Morgan fingerprint density at radius 2 is 2.00 bits per heavy atom. The largest absolute Gasteiger partial charge is 0.368 e. The number of piperidine rings is 1. The molecule has 3 N–H and O–H groups in total. The monoisotopic (exact) mass is 227 g/mol. The van der Waals surface area contributed by atoms with E-state index in [4.69, 9.17) is 5.73 Å². The molecule has 0 aromatic rings. The maximum atomic E-state index is 11.3. The summed E-state index contributed by atoms with van der Waals surface area (Å²) in [7, 11) is 0. The molecule has 94 valence electrons. The first kappa shape index (κ1) is 13.5. The Labute approximate surface area is 98.6 Å². The number of primary amides is 1. The number of carbonyl (C=O) groups excluding carboxylic acids is 1. The number of nitrogens with two attached hydrogens (primary N) is 1. The average Bonchev–Trinajstić information content (AvgIpc) is 2.21. The van der Waals surface area contributed by atoms with Crippen molar-refractivity contribution in [3.63, 3.8) is 0 Å². The second-order valence-electron chi connectivity index (χ2n) is 4.84. The van der Waals surface area contributed by atoms with E-state index in [0.29, 0.717) is 12.1 Å². The van der Waals surface area contributed by atoms with Crippen LogP contribution in [-0.2, 0) is 4.79 Å². The molecule has 0 spiro atoms. The number of hydrogen-bond acceptors (Lipinski definition) is 3. The molecule has 4 nitrogen and oxygen atoms in total. The van der Waals surface area contributed by atoms with Gasteiger partial charge in [0.15, 0.2) is 0 Å². The molecule has 0 saturated carbocycles. The van der Waals surface area contributed by atoms with Gasteiger partial charge in [0.25, 0.3) is 0 Å². The smallest absolute Gasteiger partial charge is 0.235 e. The summed E-state index contributed by atoms with van der Waals surface area (Å²) in [5, 5.41) is 3.15. The number of nitrogens with zero attached hydrogens (tertiary/aromatic N) is 1. The van der Waals surface area contributed by atoms with Crippen molar-refractivity contribution in [3.8, 4) is 0 Å². The summed E-state index contributed by atoms with van der Waals surface area (Å²) < 4.78 is 0. The molecule has 16 heavy (non-hydrogen) atoms. The fourth-order valence-corrected chi connectivity index (χ4v) is 2.55. The molecular weight excluding hydrogens is 202 g/mol. The molecule has 0 aromatic heterocycles. The lowest BCUT2D eigenvalue weighted by atomic mass is 9.97. The maximum absolute atomic E-state index is 11.3. The van der Waals surface area contributed by atoms with E-state index in [1.807, 2.05) is 6.92 Å². The zero-order valence-electron chi connectivity index (χ0n) is 10.7. The van der Waals surface area contributed by atoms with Crippen LogP contribution in [0, 0.1) is 0 Å². The van der Waals surface area contributed by atoms with Crippen LogP contribution >= 0.6 is 0 Å². The number of rotatable bonds is 5. The SMILES string of the molecule is CCNC(CN1[C@H](C)CCC[C@@H]1C)C(N)=O. The van der Waals surface area contributed by atoms with Crippen molar-refractivity contribution in [2.45, 2.75) is 58.2 Å². The Balaban J connectivity index is 2.57. The molecule has 0 aromatic carbocycles. The minimum atomic E-state index is -0.244. The predicted molar refractivity (Wildman–Crippen MR) is 66.1 cm³/mol. The van der Waals surface area contributed by atoms with Crippen molar-refractivity contribution < 1.29 is 4.79 Å². The van der Waals surface area contributed by atoms with Crippen molar-refractivity contribution >= 4 is 5.91 Å². The summed E-state index contributed by atoms with van der Waals surface area (Å²) in [6.45, 7) is 7.99. The molecule has 0 aliphatic carbocycles. The van der Waals surface area contributed by atoms with E-state index in [9.17, 15) is 4.79 Å². The minimum absolute atomic E-state index is 0.215. The quantitative estimate of drug-likeness (QED) is 0.727. The van der Waals surface area contributed by atoms with E-state index in [1.165, 1.54) is 19.3 Å². The second kappa shape index (κ2) is 6.21. The van der Waals surface area contributed by atoms with Crippen LogP contribution in [0.2, 0.25) is 0 Å². The van der Waals surface area contributed by atoms with Crippen molar-refractivity contribution in [1.82, 2.24) is 10.2 Å². The molecule has 4 heteroatoms. The van der Waals surface area contributed by atoms with Crippen LogP contribution in [0.4, 0.5) is 0 Å². The van der Waals surface area contributed by atoms with Crippen LogP contribution < -0.4 is 11.1 Å². The van der Waals surface area contributed by atoms with E-state index < -0.39 is 0 Å². The van der Waals surface area contributed by atoms with Gasteiger partial charge in [0, 0.05) is 18.6 Å². The highest BCUT2D eigenvalue weighted by Crippen LogP contribution is 2.22. The zero-order valence-corrected chi connectivity index (χ0v) is 10.7. The molecule has 1 aliphatic heterocycles. The van der Waals surface area contributed by atoms with Crippen molar-refractivity contribution in [3.05, 3.63) is 0 Å². The molecule has 1 saturated heterocycles. The number of amides is 1. The molecule has 1 amide bonds. The van der Waals surface area contributed by atoms with Gasteiger partial charge in [-0.05, 0) is 33.2 Å². The lowest BCUT2D eigenvalue weighted by Crippen LogP contribution is -2.54. The molecule has 0 bridgehead atoms. The summed E-state index contributed by atoms with van der Waals surface area (Å²) in [6, 6.07) is 0.904. The van der Waals surface area contributed by atoms with E-state index in [1.54, 1.807) is 0 Å². The van der Waals surface area contributed by atoms with E-state index in [-0.39, 0.29) is 11.9 Å². The van der Waals surface area contributed by atoms with Crippen LogP contribution in [0.1, 0.15) is 40.0 Å². The average molecular weight is 227 g/mol. The number of likely N-dealkylation sites (N-methyl/N-ethyl adjacent to an activating group) is 1. The second-order valence-corrected chi connectivity index (χ2v) is 4.84. The highest BCUT2D eigenvalue weighted by atomic mass is 16.1. The molecule has 1 fully saturated rings. The fourth-order valence-electron chi connectivity index (χ4n) is 2.55. The molecule has 0 radical (unpaired) electrons. The number of carbonyl (C=O) groups is 1. The topological polar surface area (TPSA) is 58.4 Å².